The molecule has 0 N–H and O–H groups in total. The van der Waals surface area contributed by atoms with Crippen LogP contribution in [0.4, 0.5) is 5.82 Å². The fraction of sp³-hybridized carbons (Fsp3) is 0.345. The number of amides is 3. The Hall–Kier alpha value is -4.17. The molecule has 0 atom stereocenters. The number of likely N-dealkylation sites (N-methyl/N-ethyl adjacent to an activating group) is 1. The van der Waals surface area contributed by atoms with Crippen molar-refractivity contribution in [2.45, 2.75) is 19.5 Å². The van der Waals surface area contributed by atoms with Crippen molar-refractivity contribution in [2.75, 3.05) is 51.2 Å². The molecule has 40 heavy (non-hydrogen) atoms. The molecule has 5 rings (SSSR count). The topological polar surface area (TPSA) is 106 Å². The number of carbonyl (C=O) groups excluding carboxylic acids is 3. The van der Waals surface area contributed by atoms with Crippen molar-refractivity contribution < 1.29 is 14.4 Å². The van der Waals surface area contributed by atoms with Crippen LogP contribution in [-0.4, -0.2) is 94.3 Å². The van der Waals surface area contributed by atoms with E-state index in [1.807, 2.05) is 40.7 Å². The number of nitrogens with zero attached hydrogens (tertiary/aromatic N) is 7. The molecule has 4 heterocycles. The number of rotatable bonds is 6. The first-order valence-electron chi connectivity index (χ1n) is 13.1. The Balaban J connectivity index is 1.33. The monoisotopic (exact) mass is 603 g/mol. The lowest BCUT2D eigenvalue weighted by Crippen LogP contribution is -2.61. The Kier molecular flexibility index (Phi) is 7.63. The van der Waals surface area contributed by atoms with Crippen molar-refractivity contribution in [1.29, 1.82) is 5.26 Å². The third-order valence-corrected chi connectivity index (χ3v) is 8.34. The second kappa shape index (κ2) is 11.1. The van der Waals surface area contributed by atoms with E-state index in [1.165, 1.54) is 6.08 Å². The van der Waals surface area contributed by atoms with Crippen LogP contribution >= 0.6 is 15.9 Å². The lowest BCUT2D eigenvalue weighted by molar-refractivity contribution is -0.142. The summed E-state index contributed by atoms with van der Waals surface area (Å²) in [5, 5.41) is 9.82. The molecular formula is C29H30BrN7O3. The largest absolute Gasteiger partial charge is 0.353 e. The van der Waals surface area contributed by atoms with Crippen LogP contribution in [0.1, 0.15) is 21.6 Å². The summed E-state index contributed by atoms with van der Waals surface area (Å²) < 4.78 is 2.77. The normalized spacial score (nSPS) is 15.5. The zero-order valence-electron chi connectivity index (χ0n) is 22.5. The highest BCUT2D eigenvalue weighted by molar-refractivity contribution is 9.10. The molecule has 11 heteroatoms. The number of nitriles is 1. The first-order chi connectivity index (χ1) is 19.2. The number of benzene rings is 1. The Morgan fingerprint density at radius 1 is 1.15 bits per heavy atom. The van der Waals surface area contributed by atoms with Gasteiger partial charge in [-0.05, 0) is 43.3 Å². The van der Waals surface area contributed by atoms with Gasteiger partial charge >= 0.3 is 0 Å². The van der Waals surface area contributed by atoms with Gasteiger partial charge < -0.3 is 24.2 Å². The number of piperazine rings is 1. The average Bonchev–Trinajstić information content (AvgIpc) is 3.21. The smallest absolute Gasteiger partial charge is 0.256 e. The van der Waals surface area contributed by atoms with Crippen LogP contribution < -0.4 is 4.90 Å². The van der Waals surface area contributed by atoms with E-state index >= 15 is 0 Å². The maximum absolute atomic E-state index is 13.9. The molecule has 10 nitrogen and oxygen atoms in total. The van der Waals surface area contributed by atoms with Gasteiger partial charge in [0.2, 0.25) is 11.8 Å². The van der Waals surface area contributed by atoms with Gasteiger partial charge in [0, 0.05) is 73.6 Å². The standard InChI is InChI=1S/C29H30BrN7O3/c1-4-26(38)36-16-22(17-36)33(3)27(39)18-37-19(2)28(23-13-21(30)6-7-24(23)37)29(40)35-11-9-34(10-12-35)25-8-5-20(14-31)15-32-25/h4-8,13,15,22H,1,9-12,16-18H2,2-3H3. The fourth-order valence-corrected chi connectivity index (χ4v) is 5.68. The van der Waals surface area contributed by atoms with E-state index in [0.29, 0.717) is 50.4 Å². The van der Waals surface area contributed by atoms with Gasteiger partial charge in [-0.3, -0.25) is 14.4 Å². The van der Waals surface area contributed by atoms with E-state index in [1.54, 1.807) is 29.1 Å². The number of carbonyl (C=O) groups is 3. The minimum atomic E-state index is -0.132. The fourth-order valence-electron chi connectivity index (χ4n) is 5.32. The van der Waals surface area contributed by atoms with Crippen molar-refractivity contribution in [3.05, 3.63) is 70.5 Å². The Morgan fingerprint density at radius 2 is 1.88 bits per heavy atom. The molecule has 0 saturated carbocycles. The van der Waals surface area contributed by atoms with Crippen LogP contribution in [-0.2, 0) is 16.1 Å². The van der Waals surface area contributed by atoms with Gasteiger partial charge in [0.15, 0.2) is 0 Å². The van der Waals surface area contributed by atoms with Gasteiger partial charge in [-0.1, -0.05) is 22.5 Å². The van der Waals surface area contributed by atoms with E-state index in [2.05, 4.69) is 38.5 Å². The summed E-state index contributed by atoms with van der Waals surface area (Å²) in [4.78, 5) is 50.7. The molecule has 1 aromatic carbocycles. The number of hydrogen-bond acceptors (Lipinski definition) is 6. The van der Waals surface area contributed by atoms with Gasteiger partial charge in [-0.15, -0.1) is 0 Å². The Bertz CT molecular complexity index is 1530. The summed E-state index contributed by atoms with van der Waals surface area (Å²) in [6, 6.07) is 11.4. The summed E-state index contributed by atoms with van der Waals surface area (Å²) in [7, 11) is 1.76. The average molecular weight is 605 g/mol. The maximum atomic E-state index is 13.9. The van der Waals surface area contributed by atoms with E-state index in [0.717, 1.165) is 26.9 Å². The SMILES string of the molecule is C=CC(=O)N1CC(N(C)C(=O)Cn2c(C)c(C(=O)N3CCN(c4ccc(C#N)cn4)CC3)c3cc(Br)ccc32)C1. The zero-order valence-corrected chi connectivity index (χ0v) is 24.1. The van der Waals surface area contributed by atoms with Crippen LogP contribution in [0.5, 0.6) is 0 Å². The van der Waals surface area contributed by atoms with E-state index < -0.39 is 0 Å². The number of hydrogen-bond donors (Lipinski definition) is 0. The summed E-state index contributed by atoms with van der Waals surface area (Å²) in [6.45, 7) is 8.79. The number of halogens is 1. The van der Waals surface area contributed by atoms with Crippen LogP contribution in [0.25, 0.3) is 10.9 Å². The van der Waals surface area contributed by atoms with Gasteiger partial charge in [-0.2, -0.15) is 5.26 Å². The van der Waals surface area contributed by atoms with Crippen molar-refractivity contribution in [1.82, 2.24) is 24.3 Å². The molecule has 206 valence electrons. The number of fused-ring (bicyclic) bond motifs is 1. The number of anilines is 1. The highest BCUT2D eigenvalue weighted by Gasteiger charge is 2.35. The quantitative estimate of drug-likeness (QED) is 0.401. The van der Waals surface area contributed by atoms with Gasteiger partial charge in [0.25, 0.3) is 5.91 Å². The maximum Gasteiger partial charge on any atom is 0.256 e. The highest BCUT2D eigenvalue weighted by atomic mass is 79.9. The second-order valence-electron chi connectivity index (χ2n) is 10.1. The molecule has 0 radical (unpaired) electrons. The number of pyridine rings is 1. The molecule has 0 unspecified atom stereocenters. The Morgan fingerprint density at radius 3 is 2.50 bits per heavy atom. The summed E-state index contributed by atoms with van der Waals surface area (Å²) in [5.74, 6) is 0.507. The lowest BCUT2D eigenvalue weighted by Gasteiger charge is -2.43. The van der Waals surface area contributed by atoms with E-state index in [9.17, 15) is 14.4 Å². The van der Waals surface area contributed by atoms with Crippen LogP contribution in [0.15, 0.2) is 53.7 Å². The van der Waals surface area contributed by atoms with Gasteiger partial charge in [0.05, 0.1) is 17.2 Å². The first kappa shape index (κ1) is 27.4. The number of aromatic nitrogens is 2. The molecule has 0 spiro atoms. The minimum Gasteiger partial charge on any atom is -0.353 e. The van der Waals surface area contributed by atoms with E-state index in [4.69, 9.17) is 5.26 Å². The molecule has 3 amide bonds. The van der Waals surface area contributed by atoms with E-state index in [-0.39, 0.29) is 30.3 Å². The number of likely N-dealkylation sites (tertiary alicyclic amines) is 1. The molecule has 0 bridgehead atoms. The first-order valence-corrected chi connectivity index (χ1v) is 13.9. The third-order valence-electron chi connectivity index (χ3n) is 7.85. The summed E-state index contributed by atoms with van der Waals surface area (Å²) >= 11 is 3.54. The van der Waals surface area contributed by atoms with Gasteiger partial charge in [0.1, 0.15) is 18.4 Å². The van der Waals surface area contributed by atoms with Crippen LogP contribution in [0, 0.1) is 18.3 Å². The molecule has 2 aromatic heterocycles. The summed E-state index contributed by atoms with van der Waals surface area (Å²) in [5.41, 5.74) is 2.68. The molecule has 2 saturated heterocycles. The minimum absolute atomic E-state index is 0.0457. The third kappa shape index (κ3) is 5.07. The van der Waals surface area contributed by atoms with Crippen molar-refractivity contribution in [3.63, 3.8) is 0 Å². The predicted molar refractivity (Wildman–Crippen MR) is 155 cm³/mol. The molecule has 3 aromatic rings. The molecule has 0 aliphatic carbocycles. The van der Waals surface area contributed by atoms with Crippen LogP contribution in [0.2, 0.25) is 0 Å². The summed E-state index contributed by atoms with van der Waals surface area (Å²) in [6.07, 6.45) is 2.84. The van der Waals surface area contributed by atoms with Crippen molar-refractivity contribution in [3.8, 4) is 6.07 Å². The molecule has 2 fully saturated rings. The molecule has 2 aliphatic heterocycles. The van der Waals surface area contributed by atoms with Gasteiger partial charge in [-0.25, -0.2) is 4.98 Å². The molecular weight excluding hydrogens is 574 g/mol. The van der Waals surface area contributed by atoms with Crippen LogP contribution in [0.3, 0.4) is 0 Å². The van der Waals surface area contributed by atoms with Crippen molar-refractivity contribution >= 4 is 50.4 Å². The zero-order chi connectivity index (χ0) is 28.6. The predicted octanol–water partition coefficient (Wildman–Crippen LogP) is 2.80. The second-order valence-corrected chi connectivity index (χ2v) is 11.0. The Labute approximate surface area is 241 Å². The van der Waals surface area contributed by atoms with Crippen molar-refractivity contribution in [2.24, 2.45) is 0 Å². The molecule has 2 aliphatic rings. The lowest BCUT2D eigenvalue weighted by atomic mass is 10.1. The highest BCUT2D eigenvalue weighted by Crippen LogP contribution is 2.31.